The van der Waals surface area contributed by atoms with E-state index in [4.69, 9.17) is 4.74 Å². The van der Waals surface area contributed by atoms with Gasteiger partial charge in [-0.25, -0.2) is 0 Å². The van der Waals surface area contributed by atoms with E-state index in [-0.39, 0.29) is 11.9 Å². The van der Waals surface area contributed by atoms with Gasteiger partial charge in [0.1, 0.15) is 0 Å². The monoisotopic (exact) mass is 247 g/mol. The van der Waals surface area contributed by atoms with E-state index in [9.17, 15) is 4.79 Å². The van der Waals surface area contributed by atoms with Crippen LogP contribution in [0.25, 0.3) is 0 Å². The summed E-state index contributed by atoms with van der Waals surface area (Å²) in [7, 11) is 1.48. The van der Waals surface area contributed by atoms with Crippen molar-refractivity contribution in [2.45, 2.75) is 19.3 Å². The molecular weight excluding hydrogens is 226 g/mol. The van der Waals surface area contributed by atoms with Gasteiger partial charge in [0.05, 0.1) is 13.0 Å². The number of carbonyl (C=O) groups is 1. The number of methoxy groups -OCH3 is 1. The molecule has 0 radical (unpaired) electrons. The highest BCUT2D eigenvalue weighted by atomic mass is 16.5. The summed E-state index contributed by atoms with van der Waals surface area (Å²) in [5.41, 5.74) is 1.38. The number of nitrogens with zero attached hydrogens (tertiary/aromatic N) is 1. The largest absolute Gasteiger partial charge is 0.469 e. The smallest absolute Gasteiger partial charge is 0.308 e. The van der Waals surface area contributed by atoms with Gasteiger partial charge in [-0.2, -0.15) is 0 Å². The van der Waals surface area contributed by atoms with E-state index in [1.54, 1.807) is 0 Å². The molecule has 1 aromatic carbocycles. The molecule has 3 heteroatoms. The average molecular weight is 247 g/mol. The molecular formula is C15H21NO2. The average Bonchev–Trinajstić information content (AvgIpc) is 2.46. The van der Waals surface area contributed by atoms with Crippen molar-refractivity contribution >= 4 is 5.97 Å². The van der Waals surface area contributed by atoms with Gasteiger partial charge in [-0.1, -0.05) is 30.3 Å². The molecule has 0 unspecified atom stereocenters. The number of esters is 1. The summed E-state index contributed by atoms with van der Waals surface area (Å²) >= 11 is 0. The Bertz CT molecular complexity index is 369. The van der Waals surface area contributed by atoms with Crippen molar-refractivity contribution in [1.29, 1.82) is 0 Å². The summed E-state index contributed by atoms with van der Waals surface area (Å²) in [5, 5.41) is 0. The van der Waals surface area contributed by atoms with Crippen LogP contribution >= 0.6 is 0 Å². The Kier molecular flexibility index (Phi) is 4.76. The summed E-state index contributed by atoms with van der Waals surface area (Å²) in [5.74, 6) is 0.0701. The van der Waals surface area contributed by atoms with Gasteiger partial charge < -0.3 is 9.64 Å². The van der Waals surface area contributed by atoms with Crippen LogP contribution in [0.1, 0.15) is 18.4 Å². The van der Waals surface area contributed by atoms with Crippen LogP contribution in [0, 0.1) is 5.92 Å². The van der Waals surface area contributed by atoms with E-state index in [0.29, 0.717) is 0 Å². The zero-order valence-electron chi connectivity index (χ0n) is 11.0. The van der Waals surface area contributed by atoms with E-state index in [1.807, 2.05) is 6.07 Å². The topological polar surface area (TPSA) is 29.5 Å². The molecule has 2 rings (SSSR count). The fourth-order valence-corrected chi connectivity index (χ4v) is 2.49. The van der Waals surface area contributed by atoms with Crippen LogP contribution < -0.4 is 0 Å². The van der Waals surface area contributed by atoms with Gasteiger partial charge in [0.2, 0.25) is 0 Å². The molecule has 1 heterocycles. The molecule has 0 atom stereocenters. The van der Waals surface area contributed by atoms with Gasteiger partial charge in [-0.05, 0) is 37.9 Å². The van der Waals surface area contributed by atoms with Crippen LogP contribution in [-0.4, -0.2) is 37.6 Å². The quantitative estimate of drug-likeness (QED) is 0.763. The molecule has 1 fully saturated rings. The third kappa shape index (κ3) is 3.57. The first-order chi connectivity index (χ1) is 8.79. The van der Waals surface area contributed by atoms with Crippen molar-refractivity contribution in [3.05, 3.63) is 35.9 Å². The van der Waals surface area contributed by atoms with Crippen molar-refractivity contribution < 1.29 is 9.53 Å². The Morgan fingerprint density at radius 2 is 1.94 bits per heavy atom. The lowest BCUT2D eigenvalue weighted by molar-refractivity contribution is -0.147. The van der Waals surface area contributed by atoms with Crippen LogP contribution in [0.2, 0.25) is 0 Å². The number of likely N-dealkylation sites (tertiary alicyclic amines) is 1. The van der Waals surface area contributed by atoms with Crippen molar-refractivity contribution in [1.82, 2.24) is 4.90 Å². The maximum absolute atomic E-state index is 11.4. The normalized spacial score (nSPS) is 17.6. The second-order valence-corrected chi connectivity index (χ2v) is 4.87. The molecule has 0 bridgehead atoms. The highest BCUT2D eigenvalue weighted by Crippen LogP contribution is 2.18. The summed E-state index contributed by atoms with van der Waals surface area (Å²) in [6.45, 7) is 3.09. The number of benzene rings is 1. The lowest BCUT2D eigenvalue weighted by atomic mass is 9.97. The highest BCUT2D eigenvalue weighted by Gasteiger charge is 2.25. The van der Waals surface area contributed by atoms with E-state index < -0.39 is 0 Å². The van der Waals surface area contributed by atoms with Crippen LogP contribution in [0.3, 0.4) is 0 Å². The number of hydrogen-bond acceptors (Lipinski definition) is 3. The van der Waals surface area contributed by atoms with E-state index >= 15 is 0 Å². The Balaban J connectivity index is 1.72. The summed E-state index contributed by atoms with van der Waals surface area (Å²) in [4.78, 5) is 13.8. The molecule has 3 nitrogen and oxygen atoms in total. The Morgan fingerprint density at radius 1 is 1.28 bits per heavy atom. The molecule has 18 heavy (non-hydrogen) atoms. The SMILES string of the molecule is COC(=O)C1CCN(CCc2ccccc2)CC1. The number of ether oxygens (including phenoxy) is 1. The van der Waals surface area contributed by atoms with Gasteiger partial charge in [-0.3, -0.25) is 4.79 Å². The van der Waals surface area contributed by atoms with E-state index in [2.05, 4.69) is 29.2 Å². The van der Waals surface area contributed by atoms with E-state index in [0.717, 1.165) is 38.9 Å². The first-order valence-corrected chi connectivity index (χ1v) is 6.63. The van der Waals surface area contributed by atoms with Crippen molar-refractivity contribution in [3.8, 4) is 0 Å². The highest BCUT2D eigenvalue weighted by molar-refractivity contribution is 5.72. The first-order valence-electron chi connectivity index (χ1n) is 6.63. The fourth-order valence-electron chi connectivity index (χ4n) is 2.49. The van der Waals surface area contributed by atoms with Gasteiger partial charge in [0, 0.05) is 6.54 Å². The van der Waals surface area contributed by atoms with Crippen LogP contribution in [0.4, 0.5) is 0 Å². The third-order valence-electron chi connectivity index (χ3n) is 3.68. The standard InChI is InChI=1S/C15H21NO2/c1-18-15(17)14-8-11-16(12-9-14)10-7-13-5-3-2-4-6-13/h2-6,14H,7-12H2,1H3. The molecule has 1 aromatic rings. The van der Waals surface area contributed by atoms with Crippen LogP contribution in [0.5, 0.6) is 0 Å². The number of hydrogen-bond donors (Lipinski definition) is 0. The number of piperidine rings is 1. The minimum Gasteiger partial charge on any atom is -0.469 e. The molecule has 0 saturated carbocycles. The zero-order valence-corrected chi connectivity index (χ0v) is 11.0. The van der Waals surface area contributed by atoms with Gasteiger partial charge in [0.25, 0.3) is 0 Å². The van der Waals surface area contributed by atoms with E-state index in [1.165, 1.54) is 12.7 Å². The second kappa shape index (κ2) is 6.55. The first kappa shape index (κ1) is 13.1. The lowest BCUT2D eigenvalue weighted by Gasteiger charge is -2.30. The fraction of sp³-hybridized carbons (Fsp3) is 0.533. The predicted octanol–water partition coefficient (Wildman–Crippen LogP) is 2.11. The Hall–Kier alpha value is -1.35. The number of rotatable bonds is 4. The summed E-state index contributed by atoms with van der Waals surface area (Å²) < 4.78 is 4.80. The molecule has 0 spiro atoms. The molecule has 0 amide bonds. The molecule has 98 valence electrons. The maximum atomic E-state index is 11.4. The second-order valence-electron chi connectivity index (χ2n) is 4.87. The molecule has 1 aliphatic heterocycles. The molecule has 0 aromatic heterocycles. The molecule has 0 aliphatic carbocycles. The molecule has 0 N–H and O–H groups in total. The molecule has 1 saturated heterocycles. The minimum absolute atomic E-state index is 0.0438. The minimum atomic E-state index is -0.0438. The third-order valence-corrected chi connectivity index (χ3v) is 3.68. The Labute approximate surface area is 109 Å². The Morgan fingerprint density at radius 3 is 2.56 bits per heavy atom. The predicted molar refractivity (Wildman–Crippen MR) is 71.3 cm³/mol. The van der Waals surface area contributed by atoms with Gasteiger partial charge >= 0.3 is 5.97 Å². The lowest BCUT2D eigenvalue weighted by Crippen LogP contribution is -2.37. The van der Waals surface area contributed by atoms with Crippen molar-refractivity contribution in [2.24, 2.45) is 5.92 Å². The van der Waals surface area contributed by atoms with Crippen molar-refractivity contribution in [3.63, 3.8) is 0 Å². The zero-order chi connectivity index (χ0) is 12.8. The maximum Gasteiger partial charge on any atom is 0.308 e. The van der Waals surface area contributed by atoms with Crippen LogP contribution in [0.15, 0.2) is 30.3 Å². The van der Waals surface area contributed by atoms with Gasteiger partial charge in [0.15, 0.2) is 0 Å². The summed E-state index contributed by atoms with van der Waals surface area (Å²) in [6, 6.07) is 10.5. The van der Waals surface area contributed by atoms with Crippen LogP contribution in [-0.2, 0) is 16.0 Å². The molecule has 1 aliphatic rings. The van der Waals surface area contributed by atoms with Gasteiger partial charge in [-0.15, -0.1) is 0 Å². The van der Waals surface area contributed by atoms with Crippen molar-refractivity contribution in [2.75, 3.05) is 26.7 Å². The summed E-state index contributed by atoms with van der Waals surface area (Å²) in [6.07, 6.45) is 2.95. The number of carbonyl (C=O) groups excluding carboxylic acids is 1.